The van der Waals surface area contributed by atoms with Crippen molar-refractivity contribution in [3.63, 3.8) is 0 Å². The lowest BCUT2D eigenvalue weighted by Crippen LogP contribution is -2.29. The molecule has 33 heavy (non-hydrogen) atoms. The first-order valence-corrected chi connectivity index (χ1v) is 10.6. The van der Waals surface area contributed by atoms with Gasteiger partial charge >= 0.3 is 0 Å². The third-order valence-electron chi connectivity index (χ3n) is 5.79. The number of benzene rings is 2. The molecule has 170 valence electrons. The van der Waals surface area contributed by atoms with E-state index in [-0.39, 0.29) is 23.4 Å². The molecule has 1 N–H and O–H groups in total. The zero-order chi connectivity index (χ0) is 23.7. The number of ether oxygens (including phenoxy) is 1. The number of nitrogens with zero attached hydrogens (tertiary/aromatic N) is 1. The number of furan rings is 1. The van der Waals surface area contributed by atoms with E-state index in [0.29, 0.717) is 17.2 Å². The minimum absolute atomic E-state index is 0.00523. The van der Waals surface area contributed by atoms with E-state index >= 15 is 0 Å². The van der Waals surface area contributed by atoms with Gasteiger partial charge in [0, 0.05) is 5.56 Å². The molecule has 1 aromatic heterocycles. The molecule has 1 saturated heterocycles. The molecule has 0 spiro atoms. The number of likely N-dealkylation sites (tertiary alicyclic amines) is 1. The number of hydrogen-bond donors (Lipinski definition) is 1. The smallest absolute Gasteiger partial charge is 0.296 e. The first-order chi connectivity index (χ1) is 15.8. The average Bonchev–Trinajstić information content (AvgIpc) is 3.41. The van der Waals surface area contributed by atoms with Crippen LogP contribution in [0.4, 0.5) is 4.39 Å². The van der Waals surface area contributed by atoms with Crippen LogP contribution in [0.1, 0.15) is 48.3 Å². The monoisotopic (exact) mass is 449 g/mol. The van der Waals surface area contributed by atoms with Crippen molar-refractivity contribution < 1.29 is 28.2 Å². The van der Waals surface area contributed by atoms with Crippen molar-refractivity contribution in [2.75, 3.05) is 7.11 Å². The zero-order valence-corrected chi connectivity index (χ0v) is 18.5. The molecule has 1 fully saturated rings. The first-order valence-electron chi connectivity index (χ1n) is 10.6. The van der Waals surface area contributed by atoms with Gasteiger partial charge in [0.05, 0.1) is 31.5 Å². The molecule has 0 aliphatic carbocycles. The van der Waals surface area contributed by atoms with E-state index in [1.807, 2.05) is 24.3 Å². The topological polar surface area (TPSA) is 80.0 Å². The maximum atomic E-state index is 14.3. The number of carbonyl (C=O) groups is 2. The third kappa shape index (κ3) is 4.14. The van der Waals surface area contributed by atoms with E-state index in [0.717, 1.165) is 11.6 Å². The predicted molar refractivity (Wildman–Crippen MR) is 120 cm³/mol. The van der Waals surface area contributed by atoms with E-state index in [1.54, 1.807) is 12.1 Å². The Morgan fingerprint density at radius 2 is 1.88 bits per heavy atom. The van der Waals surface area contributed by atoms with Crippen LogP contribution in [0, 0.1) is 5.82 Å². The highest BCUT2D eigenvalue weighted by Gasteiger charge is 2.46. The molecule has 0 saturated carbocycles. The van der Waals surface area contributed by atoms with E-state index in [2.05, 4.69) is 13.8 Å². The average molecular weight is 449 g/mol. The number of hydrogen-bond acceptors (Lipinski definition) is 5. The van der Waals surface area contributed by atoms with Crippen molar-refractivity contribution in [1.82, 2.24) is 4.90 Å². The molecule has 1 atom stereocenters. The Labute approximate surface area is 190 Å². The minimum Gasteiger partial charge on any atom is -0.507 e. The van der Waals surface area contributed by atoms with Gasteiger partial charge in [-0.1, -0.05) is 38.1 Å². The number of Topliss-reactive ketones (excluding diaryl/α,β-unsaturated/α-hetero) is 1. The standard InChI is InChI=1S/C26H24FNO5/c1-15(2)16-6-8-17(9-7-16)23-22(24(29)18-10-11-21(32-3)20(27)13-18)25(30)26(31)28(23)14-19-5-4-12-33-19/h4-13,15,23,29H,14H2,1-3H3/b24-22+. The van der Waals surface area contributed by atoms with Crippen molar-refractivity contribution >= 4 is 17.4 Å². The number of amides is 1. The van der Waals surface area contributed by atoms with Crippen LogP contribution in [0.5, 0.6) is 5.75 Å². The maximum absolute atomic E-state index is 14.3. The molecule has 1 aliphatic rings. The summed E-state index contributed by atoms with van der Waals surface area (Å²) in [4.78, 5) is 27.4. The van der Waals surface area contributed by atoms with Crippen LogP contribution < -0.4 is 4.74 Å². The number of carbonyl (C=O) groups excluding carboxylic acids is 2. The summed E-state index contributed by atoms with van der Waals surface area (Å²) in [5.74, 6) is -1.94. The number of halogens is 1. The Kier molecular flexibility index (Phi) is 6.05. The molecule has 1 amide bonds. The number of ketones is 1. The van der Waals surface area contributed by atoms with Gasteiger partial charge in [0.2, 0.25) is 0 Å². The van der Waals surface area contributed by atoms with E-state index in [4.69, 9.17) is 9.15 Å². The number of rotatable bonds is 6. The van der Waals surface area contributed by atoms with Crippen molar-refractivity contribution in [2.45, 2.75) is 32.4 Å². The normalized spacial score (nSPS) is 17.7. The fourth-order valence-electron chi connectivity index (χ4n) is 3.99. The molecule has 1 aliphatic heterocycles. The molecule has 4 rings (SSSR count). The molecule has 0 radical (unpaired) electrons. The summed E-state index contributed by atoms with van der Waals surface area (Å²) in [6.07, 6.45) is 1.48. The van der Waals surface area contributed by atoms with E-state index < -0.39 is 29.3 Å². The quantitative estimate of drug-likeness (QED) is 0.319. The van der Waals surface area contributed by atoms with Crippen LogP contribution in [0.3, 0.4) is 0 Å². The molecular formula is C26H24FNO5. The highest BCUT2D eigenvalue weighted by molar-refractivity contribution is 6.46. The molecule has 3 aromatic rings. The third-order valence-corrected chi connectivity index (χ3v) is 5.79. The van der Waals surface area contributed by atoms with Crippen LogP contribution in [0.15, 0.2) is 70.9 Å². The molecule has 7 heteroatoms. The maximum Gasteiger partial charge on any atom is 0.296 e. The van der Waals surface area contributed by atoms with Crippen molar-refractivity contribution in [3.8, 4) is 5.75 Å². The van der Waals surface area contributed by atoms with Gasteiger partial charge in [0.25, 0.3) is 11.7 Å². The minimum atomic E-state index is -0.860. The van der Waals surface area contributed by atoms with Crippen molar-refractivity contribution in [2.24, 2.45) is 0 Å². The summed E-state index contributed by atoms with van der Waals surface area (Å²) in [7, 11) is 1.33. The molecule has 2 heterocycles. The lowest BCUT2D eigenvalue weighted by Gasteiger charge is -2.25. The summed E-state index contributed by atoms with van der Waals surface area (Å²) in [5, 5.41) is 11.1. The van der Waals surface area contributed by atoms with Gasteiger partial charge in [-0.3, -0.25) is 9.59 Å². The largest absolute Gasteiger partial charge is 0.507 e. The second-order valence-electron chi connectivity index (χ2n) is 8.18. The highest BCUT2D eigenvalue weighted by Crippen LogP contribution is 2.41. The van der Waals surface area contributed by atoms with Gasteiger partial charge in [-0.25, -0.2) is 4.39 Å². The molecule has 1 unspecified atom stereocenters. The Balaban J connectivity index is 1.85. The molecule has 2 aromatic carbocycles. The lowest BCUT2D eigenvalue weighted by molar-refractivity contribution is -0.140. The summed E-state index contributed by atoms with van der Waals surface area (Å²) in [6.45, 7) is 4.17. The highest BCUT2D eigenvalue weighted by atomic mass is 19.1. The van der Waals surface area contributed by atoms with Crippen LogP contribution in [-0.4, -0.2) is 28.8 Å². The van der Waals surface area contributed by atoms with Crippen LogP contribution in [0.25, 0.3) is 5.76 Å². The molecular weight excluding hydrogens is 425 g/mol. The second-order valence-corrected chi connectivity index (χ2v) is 8.18. The summed E-state index contributed by atoms with van der Waals surface area (Å²) < 4.78 is 24.6. The van der Waals surface area contributed by atoms with E-state index in [9.17, 15) is 19.1 Å². The Morgan fingerprint density at radius 1 is 1.15 bits per heavy atom. The summed E-state index contributed by atoms with van der Waals surface area (Å²) in [6, 6.07) is 13.9. The number of aliphatic hydroxyl groups is 1. The van der Waals surface area contributed by atoms with E-state index in [1.165, 1.54) is 30.4 Å². The van der Waals surface area contributed by atoms with Gasteiger partial charge < -0.3 is 19.2 Å². The van der Waals surface area contributed by atoms with Gasteiger partial charge in [-0.2, -0.15) is 0 Å². The van der Waals surface area contributed by atoms with Crippen LogP contribution in [0.2, 0.25) is 0 Å². The Hall–Kier alpha value is -3.87. The second kappa shape index (κ2) is 8.94. The summed E-state index contributed by atoms with van der Waals surface area (Å²) in [5.41, 5.74) is 1.72. The van der Waals surface area contributed by atoms with Gasteiger partial charge in [-0.15, -0.1) is 0 Å². The number of aliphatic hydroxyl groups excluding tert-OH is 1. The lowest BCUT2D eigenvalue weighted by atomic mass is 9.93. The zero-order valence-electron chi connectivity index (χ0n) is 18.5. The molecule has 6 nitrogen and oxygen atoms in total. The first kappa shape index (κ1) is 22.3. The van der Waals surface area contributed by atoms with Gasteiger partial charge in [-0.05, 0) is 47.4 Å². The predicted octanol–water partition coefficient (Wildman–Crippen LogP) is 5.17. The number of methoxy groups -OCH3 is 1. The fraction of sp³-hybridized carbons (Fsp3) is 0.231. The molecule has 0 bridgehead atoms. The summed E-state index contributed by atoms with van der Waals surface area (Å²) >= 11 is 0. The van der Waals surface area contributed by atoms with Crippen molar-refractivity contribution in [3.05, 3.63) is 94.7 Å². The van der Waals surface area contributed by atoms with Gasteiger partial charge in [0.1, 0.15) is 11.5 Å². The Bertz CT molecular complexity index is 1210. The fourth-order valence-corrected chi connectivity index (χ4v) is 3.99. The van der Waals surface area contributed by atoms with Crippen molar-refractivity contribution in [1.29, 1.82) is 0 Å². The van der Waals surface area contributed by atoms with Gasteiger partial charge in [0.15, 0.2) is 11.6 Å². The Morgan fingerprint density at radius 3 is 2.45 bits per heavy atom. The SMILES string of the molecule is COc1ccc(/C(O)=C2\C(=O)C(=O)N(Cc3ccco3)C2c2ccc(C(C)C)cc2)cc1F. The van der Waals surface area contributed by atoms with Crippen LogP contribution >= 0.6 is 0 Å². The van der Waals surface area contributed by atoms with Crippen LogP contribution in [-0.2, 0) is 16.1 Å².